The Labute approximate surface area is 124 Å². The van der Waals surface area contributed by atoms with Crippen LogP contribution in [0.2, 0.25) is 0 Å². The van der Waals surface area contributed by atoms with Gasteiger partial charge >= 0.3 is 0 Å². The predicted octanol–water partition coefficient (Wildman–Crippen LogP) is 3.96. The molecule has 0 amide bonds. The Hall–Kier alpha value is -0.300. The molecular formula is C12H16BrN3S2. The highest BCUT2D eigenvalue weighted by Gasteiger charge is 2.11. The molecule has 2 aromatic rings. The Balaban J connectivity index is 1.94. The number of nitrogens with zero attached hydrogens (tertiary/aromatic N) is 2. The van der Waals surface area contributed by atoms with Gasteiger partial charge in [-0.2, -0.15) is 0 Å². The lowest BCUT2D eigenvalue weighted by molar-refractivity contribution is 0.429. The minimum Gasteiger partial charge on any atom is -0.312 e. The molecule has 2 aromatic heterocycles. The van der Waals surface area contributed by atoms with Crippen LogP contribution < -0.4 is 5.32 Å². The highest BCUT2D eigenvalue weighted by molar-refractivity contribution is 9.11. The lowest BCUT2D eigenvalue weighted by Gasteiger charge is -2.19. The fourth-order valence-electron chi connectivity index (χ4n) is 1.43. The molecule has 0 aromatic carbocycles. The molecule has 6 heteroatoms. The maximum atomic E-state index is 4.25. The van der Waals surface area contributed by atoms with Gasteiger partial charge in [-0.25, -0.2) is 0 Å². The first-order valence-electron chi connectivity index (χ1n) is 5.77. The molecule has 0 radical (unpaired) electrons. The zero-order chi connectivity index (χ0) is 13.2. The van der Waals surface area contributed by atoms with Crippen LogP contribution in [0.5, 0.6) is 0 Å². The first-order valence-corrected chi connectivity index (χ1v) is 8.20. The zero-order valence-electron chi connectivity index (χ0n) is 10.7. The number of hydrogen-bond acceptors (Lipinski definition) is 5. The second-order valence-electron chi connectivity index (χ2n) is 5.03. The fourth-order valence-corrected chi connectivity index (χ4v) is 3.70. The Morgan fingerprint density at radius 2 is 2.00 bits per heavy atom. The molecule has 0 spiro atoms. The largest absolute Gasteiger partial charge is 0.312 e. The number of nitrogens with one attached hydrogen (secondary N) is 1. The van der Waals surface area contributed by atoms with E-state index in [1.807, 2.05) is 6.07 Å². The summed E-state index contributed by atoms with van der Waals surface area (Å²) >= 11 is 6.83. The molecule has 0 unspecified atom stereocenters. The van der Waals surface area contributed by atoms with Crippen molar-refractivity contribution in [3.05, 3.63) is 20.9 Å². The van der Waals surface area contributed by atoms with Gasteiger partial charge in [0.2, 0.25) is 0 Å². The van der Waals surface area contributed by atoms with Crippen molar-refractivity contribution in [2.75, 3.05) is 6.54 Å². The number of rotatable bonds is 4. The number of thiophene rings is 1. The highest BCUT2D eigenvalue weighted by Crippen LogP contribution is 2.32. The van der Waals surface area contributed by atoms with Crippen LogP contribution in [0.3, 0.4) is 0 Å². The quantitative estimate of drug-likeness (QED) is 0.911. The molecule has 3 nitrogen and oxygen atoms in total. The average Bonchev–Trinajstić information content (AvgIpc) is 2.85. The van der Waals surface area contributed by atoms with Gasteiger partial charge in [0.05, 0.1) is 8.66 Å². The monoisotopic (exact) mass is 345 g/mol. The van der Waals surface area contributed by atoms with E-state index < -0.39 is 0 Å². The van der Waals surface area contributed by atoms with Crippen molar-refractivity contribution in [3.63, 3.8) is 0 Å². The maximum absolute atomic E-state index is 4.25. The molecule has 2 heterocycles. The summed E-state index contributed by atoms with van der Waals surface area (Å²) in [5.74, 6) is 0. The van der Waals surface area contributed by atoms with Crippen LogP contribution in [-0.4, -0.2) is 22.3 Å². The van der Waals surface area contributed by atoms with Gasteiger partial charge < -0.3 is 5.32 Å². The summed E-state index contributed by atoms with van der Waals surface area (Å²) in [5.41, 5.74) is 0.159. The van der Waals surface area contributed by atoms with E-state index in [0.29, 0.717) is 0 Å². The average molecular weight is 346 g/mol. The topological polar surface area (TPSA) is 37.8 Å². The lowest BCUT2D eigenvalue weighted by Crippen LogP contribution is -2.37. The van der Waals surface area contributed by atoms with Gasteiger partial charge in [0, 0.05) is 18.5 Å². The third-order valence-corrected chi connectivity index (χ3v) is 5.02. The first kappa shape index (κ1) is 14.1. The van der Waals surface area contributed by atoms with Gasteiger partial charge in [0.25, 0.3) is 0 Å². The van der Waals surface area contributed by atoms with E-state index in [1.54, 1.807) is 22.7 Å². The van der Waals surface area contributed by atoms with Crippen molar-refractivity contribution in [2.24, 2.45) is 0 Å². The van der Waals surface area contributed by atoms with Gasteiger partial charge in [-0.05, 0) is 48.8 Å². The molecule has 0 saturated heterocycles. The molecule has 0 aliphatic heterocycles. The summed E-state index contributed by atoms with van der Waals surface area (Å²) in [7, 11) is 0. The van der Waals surface area contributed by atoms with Crippen LogP contribution in [0, 0.1) is 0 Å². The van der Waals surface area contributed by atoms with Crippen molar-refractivity contribution >= 4 is 38.6 Å². The van der Waals surface area contributed by atoms with Crippen molar-refractivity contribution < 1.29 is 0 Å². The Morgan fingerprint density at radius 3 is 2.61 bits per heavy atom. The van der Waals surface area contributed by atoms with Gasteiger partial charge in [-0.1, -0.05) is 11.3 Å². The summed E-state index contributed by atoms with van der Waals surface area (Å²) in [6, 6.07) is 4.12. The predicted molar refractivity (Wildman–Crippen MR) is 82.4 cm³/mol. The Kier molecular flexibility index (Phi) is 4.53. The molecular weight excluding hydrogens is 330 g/mol. The van der Waals surface area contributed by atoms with E-state index in [1.165, 1.54) is 4.88 Å². The number of hydrogen-bond donors (Lipinski definition) is 1. The second-order valence-corrected chi connectivity index (χ2v) is 8.56. The summed E-state index contributed by atoms with van der Waals surface area (Å²) in [6.45, 7) is 7.44. The van der Waals surface area contributed by atoms with Crippen LogP contribution in [-0.2, 0) is 6.42 Å². The SMILES string of the molecule is CC(C)(C)NCCc1nnc(-c2ccc(Br)s2)s1. The Morgan fingerprint density at radius 1 is 1.22 bits per heavy atom. The molecule has 2 rings (SSSR count). The Bertz CT molecular complexity index is 513. The standard InChI is InChI=1S/C12H16BrN3S2/c1-12(2,3)14-7-6-10-15-16-11(18-10)8-4-5-9(13)17-8/h4-5,14H,6-7H2,1-3H3. The highest BCUT2D eigenvalue weighted by atomic mass is 79.9. The third kappa shape index (κ3) is 4.12. The van der Waals surface area contributed by atoms with Gasteiger partial charge in [-0.15, -0.1) is 21.5 Å². The molecule has 98 valence electrons. The summed E-state index contributed by atoms with van der Waals surface area (Å²) in [4.78, 5) is 1.18. The van der Waals surface area contributed by atoms with Gasteiger partial charge in [-0.3, -0.25) is 0 Å². The van der Waals surface area contributed by atoms with Crippen LogP contribution in [0.25, 0.3) is 9.88 Å². The molecule has 0 aliphatic carbocycles. The summed E-state index contributed by atoms with van der Waals surface area (Å²) in [6.07, 6.45) is 0.932. The van der Waals surface area contributed by atoms with E-state index in [-0.39, 0.29) is 5.54 Å². The van der Waals surface area contributed by atoms with Crippen LogP contribution in [0.15, 0.2) is 15.9 Å². The van der Waals surface area contributed by atoms with E-state index in [9.17, 15) is 0 Å². The molecule has 18 heavy (non-hydrogen) atoms. The molecule has 0 aliphatic rings. The fraction of sp³-hybridized carbons (Fsp3) is 0.500. The van der Waals surface area contributed by atoms with Gasteiger partial charge in [0.15, 0.2) is 5.01 Å². The van der Waals surface area contributed by atoms with E-state index >= 15 is 0 Å². The normalized spacial score (nSPS) is 12.0. The maximum Gasteiger partial charge on any atom is 0.157 e. The second kappa shape index (κ2) is 5.77. The minimum absolute atomic E-state index is 0.159. The smallest absolute Gasteiger partial charge is 0.157 e. The first-order chi connectivity index (χ1) is 8.44. The third-order valence-electron chi connectivity index (χ3n) is 2.25. The van der Waals surface area contributed by atoms with Crippen molar-refractivity contribution in [1.29, 1.82) is 0 Å². The van der Waals surface area contributed by atoms with Crippen LogP contribution in [0.1, 0.15) is 25.8 Å². The number of aromatic nitrogens is 2. The van der Waals surface area contributed by atoms with Crippen LogP contribution in [0.4, 0.5) is 0 Å². The van der Waals surface area contributed by atoms with Crippen molar-refractivity contribution in [2.45, 2.75) is 32.7 Å². The van der Waals surface area contributed by atoms with E-state index in [2.05, 4.69) is 58.3 Å². The van der Waals surface area contributed by atoms with E-state index in [0.717, 1.165) is 26.8 Å². The number of halogens is 1. The molecule has 1 N–H and O–H groups in total. The molecule has 0 bridgehead atoms. The van der Waals surface area contributed by atoms with Gasteiger partial charge in [0.1, 0.15) is 5.01 Å². The summed E-state index contributed by atoms with van der Waals surface area (Å²) in [5, 5.41) is 14.0. The lowest BCUT2D eigenvalue weighted by atomic mass is 10.1. The molecule has 0 fully saturated rings. The van der Waals surface area contributed by atoms with Crippen molar-refractivity contribution in [1.82, 2.24) is 15.5 Å². The summed E-state index contributed by atoms with van der Waals surface area (Å²) < 4.78 is 1.13. The van der Waals surface area contributed by atoms with Crippen molar-refractivity contribution in [3.8, 4) is 9.88 Å². The minimum atomic E-state index is 0.159. The van der Waals surface area contributed by atoms with E-state index in [4.69, 9.17) is 0 Å². The van der Waals surface area contributed by atoms with Crippen LogP contribution >= 0.6 is 38.6 Å². The molecule has 0 atom stereocenters. The molecule has 0 saturated carbocycles. The zero-order valence-corrected chi connectivity index (χ0v) is 13.9.